The first-order valence-electron chi connectivity index (χ1n) is 11.0. The van der Waals surface area contributed by atoms with Crippen molar-refractivity contribution in [1.82, 2.24) is 5.32 Å². The summed E-state index contributed by atoms with van der Waals surface area (Å²) in [5.41, 5.74) is 1.68. The zero-order valence-electron chi connectivity index (χ0n) is 18.2. The standard InChI is InChI=1S/C25H29Cl2NO4/c1-31-24(29)22(14-17-7-3-2-4-8-17)28-25(30)32-23(19-10-6-12-21(27)16-19)15-18-9-5-11-20(26)13-18/h5-6,9-13,16-17,22-23H,2-4,7-8,14-15H2,1H3,(H,28,30). The van der Waals surface area contributed by atoms with Gasteiger partial charge in [0.25, 0.3) is 0 Å². The van der Waals surface area contributed by atoms with Crippen LogP contribution < -0.4 is 5.32 Å². The number of hydrogen-bond donors (Lipinski definition) is 1. The van der Waals surface area contributed by atoms with Gasteiger partial charge < -0.3 is 14.8 Å². The van der Waals surface area contributed by atoms with E-state index < -0.39 is 24.2 Å². The van der Waals surface area contributed by atoms with Crippen molar-refractivity contribution in [1.29, 1.82) is 0 Å². The van der Waals surface area contributed by atoms with Crippen molar-refractivity contribution in [3.63, 3.8) is 0 Å². The van der Waals surface area contributed by atoms with E-state index in [1.807, 2.05) is 30.3 Å². The fraction of sp³-hybridized carbons (Fsp3) is 0.440. The lowest BCUT2D eigenvalue weighted by atomic mass is 9.85. The first kappa shape index (κ1) is 24.4. The molecule has 1 amide bonds. The van der Waals surface area contributed by atoms with Gasteiger partial charge in [-0.05, 0) is 47.7 Å². The third-order valence-corrected chi connectivity index (χ3v) is 6.32. The number of alkyl carbamates (subject to hydrolysis) is 1. The molecular formula is C25H29Cl2NO4. The normalized spacial score (nSPS) is 16.1. The third-order valence-electron chi connectivity index (χ3n) is 5.85. The van der Waals surface area contributed by atoms with Gasteiger partial charge in [-0.15, -0.1) is 0 Å². The van der Waals surface area contributed by atoms with E-state index in [0.717, 1.165) is 36.8 Å². The average Bonchev–Trinajstić information content (AvgIpc) is 2.78. The lowest BCUT2D eigenvalue weighted by molar-refractivity contribution is -0.143. The number of nitrogens with one attached hydrogen (secondary N) is 1. The van der Waals surface area contributed by atoms with Crippen molar-refractivity contribution in [2.75, 3.05) is 7.11 Å². The van der Waals surface area contributed by atoms with Gasteiger partial charge in [-0.2, -0.15) is 0 Å². The molecular weight excluding hydrogens is 449 g/mol. The fourth-order valence-corrected chi connectivity index (χ4v) is 4.64. The predicted octanol–water partition coefficient (Wildman–Crippen LogP) is 6.52. The second kappa shape index (κ2) is 12.1. The van der Waals surface area contributed by atoms with E-state index in [4.69, 9.17) is 32.7 Å². The Kier molecular flexibility index (Phi) is 9.24. The van der Waals surface area contributed by atoms with E-state index in [-0.39, 0.29) is 0 Å². The molecule has 32 heavy (non-hydrogen) atoms. The number of esters is 1. The SMILES string of the molecule is COC(=O)C(CC1CCCCC1)NC(=O)OC(Cc1cccc(Cl)c1)c1cccc(Cl)c1. The summed E-state index contributed by atoms with van der Waals surface area (Å²) >= 11 is 12.3. The Bertz CT molecular complexity index is 914. The highest BCUT2D eigenvalue weighted by molar-refractivity contribution is 6.30. The van der Waals surface area contributed by atoms with Crippen molar-refractivity contribution >= 4 is 35.3 Å². The maximum Gasteiger partial charge on any atom is 0.408 e. The maximum absolute atomic E-state index is 12.8. The van der Waals surface area contributed by atoms with Crippen LogP contribution in [0.4, 0.5) is 4.79 Å². The molecule has 1 saturated carbocycles. The number of amides is 1. The van der Waals surface area contributed by atoms with Gasteiger partial charge in [-0.3, -0.25) is 0 Å². The van der Waals surface area contributed by atoms with E-state index in [0.29, 0.717) is 28.8 Å². The molecule has 1 aliphatic rings. The van der Waals surface area contributed by atoms with Crippen molar-refractivity contribution in [3.05, 3.63) is 69.7 Å². The topological polar surface area (TPSA) is 64.6 Å². The highest BCUT2D eigenvalue weighted by Gasteiger charge is 2.28. The number of rotatable bonds is 8. The summed E-state index contributed by atoms with van der Waals surface area (Å²) in [7, 11) is 1.33. The van der Waals surface area contributed by atoms with Crippen LogP contribution in [-0.4, -0.2) is 25.2 Å². The first-order chi connectivity index (χ1) is 15.4. The average molecular weight is 478 g/mol. The smallest absolute Gasteiger partial charge is 0.408 e. The van der Waals surface area contributed by atoms with Crippen LogP contribution in [0.25, 0.3) is 0 Å². The lowest BCUT2D eigenvalue weighted by Crippen LogP contribution is -2.43. The van der Waals surface area contributed by atoms with Gasteiger partial charge in [0.05, 0.1) is 7.11 Å². The summed E-state index contributed by atoms with van der Waals surface area (Å²) in [5, 5.41) is 3.89. The zero-order valence-corrected chi connectivity index (χ0v) is 19.7. The van der Waals surface area contributed by atoms with Crippen molar-refractivity contribution in [2.45, 2.75) is 57.1 Å². The van der Waals surface area contributed by atoms with Gasteiger partial charge in [0, 0.05) is 16.5 Å². The summed E-state index contributed by atoms with van der Waals surface area (Å²) in [4.78, 5) is 25.2. The van der Waals surface area contributed by atoms with Gasteiger partial charge in [-0.25, -0.2) is 9.59 Å². The minimum absolute atomic E-state index is 0.392. The van der Waals surface area contributed by atoms with E-state index in [2.05, 4.69) is 5.32 Å². The van der Waals surface area contributed by atoms with Crippen molar-refractivity contribution in [3.8, 4) is 0 Å². The van der Waals surface area contributed by atoms with Gasteiger partial charge >= 0.3 is 12.1 Å². The summed E-state index contributed by atoms with van der Waals surface area (Å²) in [6, 6.07) is 13.9. The van der Waals surface area contributed by atoms with E-state index in [9.17, 15) is 9.59 Å². The monoisotopic (exact) mass is 477 g/mol. The van der Waals surface area contributed by atoms with Crippen LogP contribution in [0.1, 0.15) is 55.8 Å². The molecule has 7 heteroatoms. The number of methoxy groups -OCH3 is 1. The van der Waals surface area contributed by atoms with Crippen LogP contribution in [0.3, 0.4) is 0 Å². The molecule has 0 aliphatic heterocycles. The van der Waals surface area contributed by atoms with E-state index in [1.165, 1.54) is 13.5 Å². The highest BCUT2D eigenvalue weighted by Crippen LogP contribution is 2.29. The Morgan fingerprint density at radius 1 is 1.03 bits per heavy atom. The maximum atomic E-state index is 12.8. The molecule has 2 unspecified atom stereocenters. The van der Waals surface area contributed by atoms with Crippen LogP contribution in [-0.2, 0) is 20.7 Å². The van der Waals surface area contributed by atoms with Crippen LogP contribution in [0.2, 0.25) is 10.0 Å². The highest BCUT2D eigenvalue weighted by atomic mass is 35.5. The molecule has 3 rings (SSSR count). The third kappa shape index (κ3) is 7.42. The molecule has 1 fully saturated rings. The number of ether oxygens (including phenoxy) is 2. The minimum atomic E-state index is -0.734. The Labute approximate surface area is 199 Å². The number of halogens is 2. The number of carbonyl (C=O) groups excluding carboxylic acids is 2. The van der Waals surface area contributed by atoms with Crippen LogP contribution >= 0.6 is 23.2 Å². The molecule has 1 aliphatic carbocycles. The quantitative estimate of drug-likeness (QED) is 0.439. The predicted molar refractivity (Wildman–Crippen MR) is 126 cm³/mol. The molecule has 1 N–H and O–H groups in total. The summed E-state index contributed by atoms with van der Waals surface area (Å²) in [6.07, 6.45) is 5.35. The summed E-state index contributed by atoms with van der Waals surface area (Å²) in [5.74, 6) is -0.0648. The largest absolute Gasteiger partial charge is 0.467 e. The van der Waals surface area contributed by atoms with Gasteiger partial charge in [-0.1, -0.05) is 79.6 Å². The Morgan fingerprint density at radius 3 is 2.38 bits per heavy atom. The molecule has 2 aromatic carbocycles. The van der Waals surface area contributed by atoms with Crippen molar-refractivity contribution < 1.29 is 19.1 Å². The Morgan fingerprint density at radius 2 is 1.72 bits per heavy atom. The molecule has 0 spiro atoms. The minimum Gasteiger partial charge on any atom is -0.467 e. The van der Waals surface area contributed by atoms with Gasteiger partial charge in [0.15, 0.2) is 0 Å². The second-order valence-corrected chi connectivity index (χ2v) is 9.12. The van der Waals surface area contributed by atoms with Crippen LogP contribution in [0, 0.1) is 5.92 Å². The fourth-order valence-electron chi connectivity index (χ4n) is 4.23. The van der Waals surface area contributed by atoms with E-state index in [1.54, 1.807) is 18.2 Å². The molecule has 2 atom stereocenters. The molecule has 2 aromatic rings. The molecule has 0 heterocycles. The lowest BCUT2D eigenvalue weighted by Gasteiger charge is -2.26. The molecule has 0 saturated heterocycles. The zero-order chi connectivity index (χ0) is 22.9. The molecule has 0 radical (unpaired) electrons. The molecule has 172 valence electrons. The van der Waals surface area contributed by atoms with Crippen LogP contribution in [0.5, 0.6) is 0 Å². The molecule has 0 bridgehead atoms. The summed E-state index contributed by atoms with van der Waals surface area (Å²) < 4.78 is 10.7. The summed E-state index contributed by atoms with van der Waals surface area (Å²) in [6.45, 7) is 0. The Balaban J connectivity index is 1.72. The van der Waals surface area contributed by atoms with E-state index >= 15 is 0 Å². The molecule has 5 nitrogen and oxygen atoms in total. The van der Waals surface area contributed by atoms with Gasteiger partial charge in [0.2, 0.25) is 0 Å². The second-order valence-electron chi connectivity index (χ2n) is 8.24. The Hall–Kier alpha value is -2.24. The molecule has 0 aromatic heterocycles. The van der Waals surface area contributed by atoms with Gasteiger partial charge in [0.1, 0.15) is 12.1 Å². The number of hydrogen-bond acceptors (Lipinski definition) is 4. The van der Waals surface area contributed by atoms with Crippen molar-refractivity contribution in [2.24, 2.45) is 5.92 Å². The first-order valence-corrected chi connectivity index (χ1v) is 11.7. The van der Waals surface area contributed by atoms with Crippen LogP contribution in [0.15, 0.2) is 48.5 Å². The number of carbonyl (C=O) groups is 2. The number of benzene rings is 2.